The molecule has 4 heterocycles. The van der Waals surface area contributed by atoms with Crippen molar-refractivity contribution in [3.63, 3.8) is 0 Å². The second-order valence-corrected chi connectivity index (χ2v) is 8.13. The highest BCUT2D eigenvalue weighted by atomic mass is 15.1. The minimum absolute atomic E-state index is 0.482. The number of nitriles is 1. The van der Waals surface area contributed by atoms with E-state index in [1.807, 2.05) is 12.4 Å². The summed E-state index contributed by atoms with van der Waals surface area (Å²) in [6, 6.07) is 4.98. The maximum absolute atomic E-state index is 9.04. The summed E-state index contributed by atoms with van der Waals surface area (Å²) in [4.78, 5) is 12.9. The van der Waals surface area contributed by atoms with E-state index < -0.39 is 0 Å². The molecule has 1 saturated heterocycles. The van der Waals surface area contributed by atoms with Gasteiger partial charge in [0.1, 0.15) is 17.0 Å². The molecule has 0 aromatic carbocycles. The summed E-state index contributed by atoms with van der Waals surface area (Å²) < 4.78 is 2.56. The summed E-state index contributed by atoms with van der Waals surface area (Å²) in [6.07, 6.45) is 11.5. The average molecular weight is 362 g/mol. The first-order chi connectivity index (χ1) is 13.3. The summed E-state index contributed by atoms with van der Waals surface area (Å²) in [6.45, 7) is 2.14. The maximum atomic E-state index is 9.04. The predicted molar refractivity (Wildman–Crippen MR) is 105 cm³/mol. The van der Waals surface area contributed by atoms with Crippen molar-refractivity contribution >= 4 is 22.1 Å². The zero-order chi connectivity index (χ0) is 18.2. The molecule has 6 heteroatoms. The van der Waals surface area contributed by atoms with Crippen LogP contribution in [-0.4, -0.2) is 32.6 Å². The molecule has 6 nitrogen and oxygen atoms in total. The zero-order valence-corrected chi connectivity index (χ0v) is 15.6. The molecule has 0 amide bonds. The van der Waals surface area contributed by atoms with E-state index in [2.05, 4.69) is 32.0 Å². The Morgan fingerprint density at radius 1 is 1.15 bits per heavy atom. The van der Waals surface area contributed by atoms with Crippen LogP contribution >= 0.6 is 0 Å². The number of pyridine rings is 1. The molecule has 1 saturated carbocycles. The van der Waals surface area contributed by atoms with Crippen molar-refractivity contribution in [1.29, 1.82) is 5.26 Å². The number of hydrogen-bond donors (Lipinski definition) is 2. The molecule has 2 N–H and O–H groups in total. The summed E-state index contributed by atoms with van der Waals surface area (Å²) in [5.41, 5.74) is 3.21. The molecule has 140 valence electrons. The van der Waals surface area contributed by atoms with Crippen molar-refractivity contribution in [2.75, 3.05) is 13.1 Å². The largest absolute Gasteiger partial charge is 0.346 e. The number of fused-ring (bicyclic) bond motifs is 3. The Morgan fingerprint density at radius 3 is 2.74 bits per heavy atom. The van der Waals surface area contributed by atoms with Crippen LogP contribution in [0.25, 0.3) is 22.1 Å². The van der Waals surface area contributed by atoms with Gasteiger partial charge in [-0.1, -0.05) is 0 Å². The topological polar surface area (TPSA) is 82.3 Å². The zero-order valence-electron chi connectivity index (χ0n) is 15.6. The minimum atomic E-state index is 0.482. The highest BCUT2D eigenvalue weighted by Crippen LogP contribution is 2.40. The molecule has 3 aromatic rings. The minimum Gasteiger partial charge on any atom is -0.346 e. The number of rotatable bonds is 3. The van der Waals surface area contributed by atoms with Crippen LogP contribution in [0.4, 0.5) is 0 Å². The van der Waals surface area contributed by atoms with Gasteiger partial charge < -0.3 is 14.9 Å². The van der Waals surface area contributed by atoms with Gasteiger partial charge in [0.05, 0.1) is 17.8 Å². The molecule has 0 unspecified atom stereocenters. The first-order valence-corrected chi connectivity index (χ1v) is 10.3. The Kier molecular flexibility index (Phi) is 4.33. The van der Waals surface area contributed by atoms with Crippen molar-refractivity contribution in [1.82, 2.24) is 24.8 Å². The van der Waals surface area contributed by atoms with E-state index in [9.17, 15) is 0 Å². The predicted octanol–water partition coefficient (Wildman–Crippen LogP) is 4.02. The number of H-pyrrole nitrogens is 1. The molecular formula is C21H26N6. The summed E-state index contributed by atoms with van der Waals surface area (Å²) in [5, 5.41) is 13.7. The lowest BCUT2D eigenvalue weighted by Gasteiger charge is -2.32. The molecule has 0 atom stereocenters. The van der Waals surface area contributed by atoms with Crippen LogP contribution in [0.15, 0.2) is 18.5 Å². The van der Waals surface area contributed by atoms with Crippen molar-refractivity contribution in [3.05, 3.63) is 24.3 Å². The highest BCUT2D eigenvalue weighted by Gasteiger charge is 2.30. The van der Waals surface area contributed by atoms with Gasteiger partial charge in [-0.05, 0) is 63.6 Å². The number of piperidine rings is 1. The van der Waals surface area contributed by atoms with Crippen molar-refractivity contribution in [2.24, 2.45) is 5.92 Å². The first kappa shape index (κ1) is 16.8. The number of aromatic amines is 1. The lowest BCUT2D eigenvalue weighted by molar-refractivity contribution is 0.272. The molecule has 0 spiro atoms. The summed E-state index contributed by atoms with van der Waals surface area (Å²) in [5.74, 6) is 2.34. The van der Waals surface area contributed by atoms with Crippen LogP contribution in [0.2, 0.25) is 0 Å². The smallest absolute Gasteiger partial charge is 0.139 e. The summed E-state index contributed by atoms with van der Waals surface area (Å²) in [7, 11) is 0. The Labute approximate surface area is 159 Å². The van der Waals surface area contributed by atoms with E-state index in [1.54, 1.807) is 0 Å². The fourth-order valence-corrected chi connectivity index (χ4v) is 5.08. The van der Waals surface area contributed by atoms with E-state index in [-0.39, 0.29) is 0 Å². The van der Waals surface area contributed by atoms with Crippen LogP contribution in [0.1, 0.15) is 62.7 Å². The Balaban J connectivity index is 1.61. The van der Waals surface area contributed by atoms with Gasteiger partial charge in [-0.15, -0.1) is 0 Å². The Hall–Kier alpha value is -2.39. The molecule has 5 rings (SSSR count). The van der Waals surface area contributed by atoms with Gasteiger partial charge in [-0.3, -0.25) is 0 Å². The second kappa shape index (κ2) is 6.97. The van der Waals surface area contributed by atoms with Gasteiger partial charge >= 0.3 is 0 Å². The lowest BCUT2D eigenvalue weighted by atomic mass is 9.84. The normalized spacial score (nSPS) is 24.4. The Morgan fingerprint density at radius 2 is 1.96 bits per heavy atom. The fraction of sp³-hybridized carbons (Fsp3) is 0.571. The molecule has 27 heavy (non-hydrogen) atoms. The SMILES string of the molecule is N#CCC1CCC(n2c(C3CCNCC3)nc3cnc4[nH]ccc4c32)CC1. The van der Waals surface area contributed by atoms with E-state index in [1.165, 1.54) is 16.7 Å². The van der Waals surface area contributed by atoms with Crippen LogP contribution in [0, 0.1) is 17.2 Å². The van der Waals surface area contributed by atoms with Crippen molar-refractivity contribution in [3.8, 4) is 6.07 Å². The fourth-order valence-electron chi connectivity index (χ4n) is 5.08. The standard InChI is InChI=1S/C21H26N6/c22-9-5-14-1-3-16(4-2-14)27-19-17-8-12-24-20(17)25-13-18(19)26-21(27)15-6-10-23-11-7-15/h8,12-16,23H,1-7,10-11H2,(H,24,25). The van der Waals surface area contributed by atoms with E-state index in [0.29, 0.717) is 24.3 Å². The van der Waals surface area contributed by atoms with Gasteiger partial charge in [0.15, 0.2) is 0 Å². The van der Waals surface area contributed by atoms with E-state index in [0.717, 1.165) is 62.8 Å². The molecule has 0 bridgehead atoms. The second-order valence-electron chi connectivity index (χ2n) is 8.13. The lowest BCUT2D eigenvalue weighted by Crippen LogP contribution is -2.29. The molecule has 2 fully saturated rings. The van der Waals surface area contributed by atoms with Crippen molar-refractivity contribution < 1.29 is 0 Å². The van der Waals surface area contributed by atoms with Crippen LogP contribution in [0.5, 0.6) is 0 Å². The molecule has 1 aliphatic heterocycles. The molecule has 3 aromatic heterocycles. The van der Waals surface area contributed by atoms with Crippen LogP contribution in [-0.2, 0) is 0 Å². The third kappa shape index (κ3) is 2.90. The number of aromatic nitrogens is 4. The first-order valence-electron chi connectivity index (χ1n) is 10.3. The van der Waals surface area contributed by atoms with E-state index in [4.69, 9.17) is 10.2 Å². The third-order valence-electron chi connectivity index (χ3n) is 6.53. The molecule has 0 radical (unpaired) electrons. The molecule has 1 aliphatic carbocycles. The number of nitrogens with zero attached hydrogens (tertiary/aromatic N) is 4. The quantitative estimate of drug-likeness (QED) is 0.737. The maximum Gasteiger partial charge on any atom is 0.139 e. The van der Waals surface area contributed by atoms with Crippen LogP contribution in [0.3, 0.4) is 0 Å². The highest BCUT2D eigenvalue weighted by molar-refractivity contribution is 6.01. The third-order valence-corrected chi connectivity index (χ3v) is 6.53. The van der Waals surface area contributed by atoms with Crippen LogP contribution < -0.4 is 5.32 Å². The number of nitrogens with one attached hydrogen (secondary N) is 2. The van der Waals surface area contributed by atoms with Gasteiger partial charge in [0, 0.05) is 30.0 Å². The Bertz CT molecular complexity index is 979. The average Bonchev–Trinajstić information content (AvgIpc) is 3.33. The molecular weight excluding hydrogens is 336 g/mol. The van der Waals surface area contributed by atoms with Gasteiger partial charge in [0.2, 0.25) is 0 Å². The van der Waals surface area contributed by atoms with Gasteiger partial charge in [-0.2, -0.15) is 5.26 Å². The monoisotopic (exact) mass is 362 g/mol. The summed E-state index contributed by atoms with van der Waals surface area (Å²) >= 11 is 0. The van der Waals surface area contributed by atoms with E-state index >= 15 is 0 Å². The van der Waals surface area contributed by atoms with Crippen molar-refractivity contribution in [2.45, 2.75) is 56.9 Å². The van der Waals surface area contributed by atoms with Gasteiger partial charge in [-0.25, -0.2) is 9.97 Å². The number of imidazole rings is 1. The number of hydrogen-bond acceptors (Lipinski definition) is 4. The van der Waals surface area contributed by atoms with Gasteiger partial charge in [0.25, 0.3) is 0 Å². The molecule has 2 aliphatic rings.